The van der Waals surface area contributed by atoms with E-state index in [2.05, 4.69) is 34.0 Å². The normalized spacial score (nSPS) is 12.9. The lowest BCUT2D eigenvalue weighted by atomic mass is 10.1. The quantitative estimate of drug-likeness (QED) is 0.793. The molecule has 0 saturated heterocycles. The highest BCUT2D eigenvalue weighted by atomic mass is 32.1. The van der Waals surface area contributed by atoms with Gasteiger partial charge >= 0.3 is 0 Å². The van der Waals surface area contributed by atoms with E-state index in [4.69, 9.17) is 4.42 Å². The van der Waals surface area contributed by atoms with Crippen molar-refractivity contribution < 1.29 is 4.42 Å². The van der Waals surface area contributed by atoms with Crippen molar-refractivity contribution in [2.45, 2.75) is 19.4 Å². The van der Waals surface area contributed by atoms with Crippen LogP contribution in [0, 0.1) is 0 Å². The number of aryl methyl sites for hydroxylation is 1. The van der Waals surface area contributed by atoms with Gasteiger partial charge in [0.2, 0.25) is 0 Å². The molecule has 98 valence electrons. The Bertz CT molecular complexity index is 656. The van der Waals surface area contributed by atoms with Crippen molar-refractivity contribution >= 4 is 22.5 Å². The molecule has 0 aliphatic heterocycles. The second-order valence-corrected chi connectivity index (χ2v) is 5.13. The van der Waals surface area contributed by atoms with Gasteiger partial charge in [-0.1, -0.05) is 29.6 Å². The van der Waals surface area contributed by atoms with E-state index in [1.807, 2.05) is 25.2 Å². The summed E-state index contributed by atoms with van der Waals surface area (Å²) < 4.78 is 9.98. The Labute approximate surface area is 115 Å². The van der Waals surface area contributed by atoms with Gasteiger partial charge < -0.3 is 9.73 Å². The Morgan fingerprint density at radius 2 is 2.21 bits per heavy atom. The lowest BCUT2D eigenvalue weighted by molar-refractivity contribution is 0.493. The highest BCUT2D eigenvalue weighted by Crippen LogP contribution is 2.31. The molecule has 1 N–H and O–H groups in total. The van der Waals surface area contributed by atoms with Crippen LogP contribution >= 0.6 is 11.5 Å². The number of hydrogen-bond donors (Lipinski definition) is 1. The summed E-state index contributed by atoms with van der Waals surface area (Å²) in [5.41, 5.74) is 1.94. The third-order valence-electron chi connectivity index (χ3n) is 3.20. The summed E-state index contributed by atoms with van der Waals surface area (Å²) in [6.07, 6.45) is 0.879. The van der Waals surface area contributed by atoms with Crippen LogP contribution in [0.15, 0.2) is 34.7 Å². The molecule has 1 aromatic carbocycles. The summed E-state index contributed by atoms with van der Waals surface area (Å²) in [5.74, 6) is 0.907. The van der Waals surface area contributed by atoms with Crippen molar-refractivity contribution in [3.8, 4) is 0 Å². The molecule has 0 radical (unpaired) electrons. The third-order valence-corrected chi connectivity index (χ3v) is 4.03. The van der Waals surface area contributed by atoms with Gasteiger partial charge in [-0.3, -0.25) is 0 Å². The maximum atomic E-state index is 5.93. The van der Waals surface area contributed by atoms with Crippen molar-refractivity contribution in [3.63, 3.8) is 0 Å². The number of rotatable bonds is 4. The largest absolute Gasteiger partial charge is 0.459 e. The lowest BCUT2D eigenvalue weighted by Gasteiger charge is -2.11. The van der Waals surface area contributed by atoms with Gasteiger partial charge in [-0.05, 0) is 37.1 Å². The Morgan fingerprint density at radius 1 is 1.37 bits per heavy atom. The van der Waals surface area contributed by atoms with Crippen LogP contribution in [-0.2, 0) is 6.42 Å². The zero-order valence-electron chi connectivity index (χ0n) is 10.9. The van der Waals surface area contributed by atoms with Crippen LogP contribution in [-0.4, -0.2) is 16.6 Å². The van der Waals surface area contributed by atoms with Gasteiger partial charge in [0, 0.05) is 5.39 Å². The topological polar surface area (TPSA) is 51.0 Å². The minimum atomic E-state index is 0.0161. The monoisotopic (exact) mass is 273 g/mol. The molecule has 3 rings (SSSR count). The van der Waals surface area contributed by atoms with Crippen LogP contribution in [0.3, 0.4) is 0 Å². The Hall–Kier alpha value is -1.72. The standard InChI is InChI=1S/C14H15N3OS/c1-3-10-14(19-17-16-10)13(15-2)12-8-9-6-4-5-7-11(9)18-12/h4-8,13,15H,3H2,1-2H3. The zero-order chi connectivity index (χ0) is 13.2. The van der Waals surface area contributed by atoms with Crippen LogP contribution in [0.1, 0.15) is 29.3 Å². The molecule has 0 aliphatic carbocycles. The number of benzene rings is 1. The summed E-state index contributed by atoms with van der Waals surface area (Å²) in [6.45, 7) is 2.09. The van der Waals surface area contributed by atoms with Gasteiger partial charge in [-0.15, -0.1) is 5.10 Å². The molecule has 0 amide bonds. The van der Waals surface area contributed by atoms with Gasteiger partial charge in [0.05, 0.1) is 10.6 Å². The third kappa shape index (κ3) is 2.15. The number of furan rings is 1. The molecule has 3 aromatic rings. The molecule has 5 heteroatoms. The Kier molecular flexibility index (Phi) is 3.31. The molecule has 0 aliphatic rings. The number of para-hydroxylation sites is 1. The molecule has 1 atom stereocenters. The van der Waals surface area contributed by atoms with Gasteiger partial charge in [0.1, 0.15) is 17.4 Å². The highest BCUT2D eigenvalue weighted by Gasteiger charge is 2.22. The molecular formula is C14H15N3OS. The van der Waals surface area contributed by atoms with E-state index >= 15 is 0 Å². The summed E-state index contributed by atoms with van der Waals surface area (Å²) in [7, 11) is 1.93. The fourth-order valence-corrected chi connectivity index (χ4v) is 3.08. The molecule has 2 aromatic heterocycles. The SMILES string of the molecule is CCc1nnsc1C(NC)c1cc2ccccc2o1. The van der Waals surface area contributed by atoms with Crippen molar-refractivity contribution in [2.24, 2.45) is 0 Å². The first kappa shape index (κ1) is 12.3. The van der Waals surface area contributed by atoms with E-state index < -0.39 is 0 Å². The van der Waals surface area contributed by atoms with Gasteiger partial charge in [0.15, 0.2) is 0 Å². The highest BCUT2D eigenvalue weighted by molar-refractivity contribution is 7.05. The van der Waals surface area contributed by atoms with Crippen LogP contribution in [0.5, 0.6) is 0 Å². The average molecular weight is 273 g/mol. The van der Waals surface area contributed by atoms with E-state index in [1.54, 1.807) is 0 Å². The number of nitrogens with zero attached hydrogens (tertiary/aromatic N) is 2. The number of nitrogens with one attached hydrogen (secondary N) is 1. The first-order valence-electron chi connectivity index (χ1n) is 6.30. The lowest BCUT2D eigenvalue weighted by Crippen LogP contribution is -2.17. The van der Waals surface area contributed by atoms with Crippen LogP contribution in [0.25, 0.3) is 11.0 Å². The molecule has 0 saturated carbocycles. The first-order chi connectivity index (χ1) is 9.33. The van der Waals surface area contributed by atoms with Crippen LogP contribution in [0.4, 0.5) is 0 Å². The summed E-state index contributed by atoms with van der Waals surface area (Å²) >= 11 is 1.43. The molecule has 0 fully saturated rings. The minimum absolute atomic E-state index is 0.0161. The predicted octanol–water partition coefficient (Wildman–Crippen LogP) is 3.16. The Morgan fingerprint density at radius 3 is 2.95 bits per heavy atom. The second-order valence-electron chi connectivity index (χ2n) is 4.35. The smallest absolute Gasteiger partial charge is 0.134 e. The van der Waals surface area contributed by atoms with E-state index in [1.165, 1.54) is 11.5 Å². The first-order valence-corrected chi connectivity index (χ1v) is 7.07. The Balaban J connectivity index is 2.06. The molecule has 0 bridgehead atoms. The molecule has 2 heterocycles. The van der Waals surface area contributed by atoms with Crippen molar-refractivity contribution in [1.82, 2.24) is 14.9 Å². The molecule has 19 heavy (non-hydrogen) atoms. The summed E-state index contributed by atoms with van der Waals surface area (Å²) in [5, 5.41) is 8.58. The van der Waals surface area contributed by atoms with Gasteiger partial charge in [0.25, 0.3) is 0 Å². The van der Waals surface area contributed by atoms with Crippen LogP contribution in [0.2, 0.25) is 0 Å². The van der Waals surface area contributed by atoms with Crippen LogP contribution < -0.4 is 5.32 Å². The van der Waals surface area contributed by atoms with Crippen molar-refractivity contribution in [2.75, 3.05) is 7.05 Å². The van der Waals surface area contributed by atoms with Crippen molar-refractivity contribution in [3.05, 3.63) is 46.7 Å². The fourth-order valence-electron chi connectivity index (χ4n) is 2.23. The second kappa shape index (κ2) is 5.11. The van der Waals surface area contributed by atoms with Gasteiger partial charge in [-0.2, -0.15) is 0 Å². The fraction of sp³-hybridized carbons (Fsp3) is 0.286. The molecule has 1 unspecified atom stereocenters. The zero-order valence-corrected chi connectivity index (χ0v) is 11.7. The van der Waals surface area contributed by atoms with E-state index in [9.17, 15) is 0 Å². The molecular weight excluding hydrogens is 258 g/mol. The number of fused-ring (bicyclic) bond motifs is 1. The number of hydrogen-bond acceptors (Lipinski definition) is 5. The maximum Gasteiger partial charge on any atom is 0.134 e. The van der Waals surface area contributed by atoms with E-state index in [-0.39, 0.29) is 6.04 Å². The number of aromatic nitrogens is 2. The van der Waals surface area contributed by atoms with E-state index in [0.717, 1.165) is 33.7 Å². The minimum Gasteiger partial charge on any atom is -0.459 e. The summed E-state index contributed by atoms with van der Waals surface area (Å²) in [4.78, 5) is 1.13. The molecule has 0 spiro atoms. The summed E-state index contributed by atoms with van der Waals surface area (Å²) in [6, 6.07) is 10.1. The predicted molar refractivity (Wildman–Crippen MR) is 76.4 cm³/mol. The van der Waals surface area contributed by atoms with Crippen molar-refractivity contribution in [1.29, 1.82) is 0 Å². The molecule has 4 nitrogen and oxygen atoms in total. The average Bonchev–Trinajstić information content (AvgIpc) is 3.05. The maximum absolute atomic E-state index is 5.93. The van der Waals surface area contributed by atoms with E-state index in [0.29, 0.717) is 0 Å². The van der Waals surface area contributed by atoms with Gasteiger partial charge in [-0.25, -0.2) is 0 Å².